The number of ether oxygens (including phenoxy) is 2. The first-order valence-corrected chi connectivity index (χ1v) is 10.7. The van der Waals surface area contributed by atoms with Crippen LogP contribution in [-0.4, -0.2) is 20.1 Å². The van der Waals surface area contributed by atoms with E-state index >= 15 is 0 Å². The number of rotatable bonds is 4. The number of methoxy groups -OCH3 is 2. The quantitative estimate of drug-likeness (QED) is 0.386. The number of benzene rings is 3. The Morgan fingerprint density at radius 1 is 0.906 bits per heavy atom. The lowest BCUT2D eigenvalue weighted by molar-refractivity contribution is 0.0971. The van der Waals surface area contributed by atoms with E-state index in [0.29, 0.717) is 33.7 Å². The predicted octanol–water partition coefficient (Wildman–Crippen LogP) is 5.32. The van der Waals surface area contributed by atoms with Gasteiger partial charge in [0.25, 0.3) is 5.91 Å². The number of nitrogens with zero attached hydrogens (tertiary/aromatic N) is 1. The van der Waals surface area contributed by atoms with Crippen molar-refractivity contribution in [1.82, 2.24) is 0 Å². The lowest BCUT2D eigenvalue weighted by Gasteiger charge is -2.25. The Labute approximate surface area is 192 Å². The molecule has 0 fully saturated rings. The number of anilines is 1. The van der Waals surface area contributed by atoms with E-state index in [4.69, 9.17) is 13.9 Å². The summed E-state index contributed by atoms with van der Waals surface area (Å²) in [5.74, 6) is 0.957. The molecule has 2 heterocycles. The first kappa shape index (κ1) is 20.3. The fourth-order valence-corrected chi connectivity index (χ4v) is 4.43. The Balaban J connectivity index is 1.79. The third kappa shape index (κ3) is 3.17. The van der Waals surface area contributed by atoms with Crippen LogP contribution in [0.3, 0.4) is 0 Å². The van der Waals surface area contributed by atoms with Gasteiger partial charge in [-0.15, -0.1) is 0 Å². The minimum absolute atomic E-state index is 0.0495. The normalized spacial score (nSPS) is 15.2. The van der Waals surface area contributed by atoms with E-state index in [1.165, 1.54) is 0 Å². The smallest absolute Gasteiger partial charge is 0.295 e. The molecule has 0 N–H and O–H groups in total. The Morgan fingerprint density at radius 3 is 2.38 bits per heavy atom. The molecule has 1 amide bonds. The van der Waals surface area contributed by atoms with Crippen LogP contribution in [-0.2, 0) is 0 Å². The highest BCUT2D eigenvalue weighted by Gasteiger charge is 2.43. The summed E-state index contributed by atoms with van der Waals surface area (Å²) in [7, 11) is 3.15. The number of fused-ring (bicyclic) bond motifs is 2. The molecule has 4 aromatic rings. The summed E-state index contributed by atoms with van der Waals surface area (Å²) in [6.45, 7) is 0. The monoisotopic (exact) mass is 491 g/mol. The number of amides is 1. The maximum Gasteiger partial charge on any atom is 0.295 e. The zero-order chi connectivity index (χ0) is 22.4. The maximum atomic E-state index is 13.6. The molecule has 160 valence electrons. The van der Waals surface area contributed by atoms with Gasteiger partial charge in [0, 0.05) is 16.2 Å². The topological polar surface area (TPSA) is 69.0 Å². The SMILES string of the molecule is COc1ccc(C2c3c(oc4ccc(Br)cc4c3=O)C(=O)N2c2cccc(OC)c2)cc1. The summed E-state index contributed by atoms with van der Waals surface area (Å²) >= 11 is 3.41. The van der Waals surface area contributed by atoms with E-state index in [2.05, 4.69) is 15.9 Å². The summed E-state index contributed by atoms with van der Waals surface area (Å²) in [6.07, 6.45) is 0. The molecule has 0 bridgehead atoms. The minimum Gasteiger partial charge on any atom is -0.497 e. The van der Waals surface area contributed by atoms with Gasteiger partial charge < -0.3 is 13.9 Å². The maximum absolute atomic E-state index is 13.6. The number of carbonyl (C=O) groups excluding carboxylic acids is 1. The van der Waals surface area contributed by atoms with Crippen molar-refractivity contribution in [3.63, 3.8) is 0 Å². The number of carbonyl (C=O) groups is 1. The van der Waals surface area contributed by atoms with Crippen LogP contribution in [0.15, 0.2) is 80.4 Å². The van der Waals surface area contributed by atoms with E-state index in [1.54, 1.807) is 67.7 Å². The van der Waals surface area contributed by atoms with Gasteiger partial charge in [0.05, 0.1) is 31.2 Å². The second-order valence-electron chi connectivity index (χ2n) is 7.37. The van der Waals surface area contributed by atoms with E-state index < -0.39 is 6.04 Å². The van der Waals surface area contributed by atoms with Gasteiger partial charge in [-0.2, -0.15) is 0 Å². The average molecular weight is 492 g/mol. The molecule has 3 aromatic carbocycles. The van der Waals surface area contributed by atoms with Crippen molar-refractivity contribution < 1.29 is 18.7 Å². The van der Waals surface area contributed by atoms with Crippen molar-refractivity contribution >= 4 is 38.5 Å². The molecule has 1 aliphatic rings. The highest BCUT2D eigenvalue weighted by atomic mass is 79.9. The van der Waals surface area contributed by atoms with E-state index in [0.717, 1.165) is 10.0 Å². The van der Waals surface area contributed by atoms with Gasteiger partial charge in [-0.25, -0.2) is 0 Å². The zero-order valence-electron chi connectivity index (χ0n) is 17.3. The second kappa shape index (κ2) is 7.84. The van der Waals surface area contributed by atoms with Crippen LogP contribution in [0.5, 0.6) is 11.5 Å². The molecule has 0 aliphatic carbocycles. The van der Waals surface area contributed by atoms with Crippen LogP contribution in [0.4, 0.5) is 5.69 Å². The molecule has 0 saturated carbocycles. The number of halogens is 1. The molecule has 0 spiro atoms. The molecule has 1 atom stereocenters. The van der Waals surface area contributed by atoms with E-state index in [1.807, 2.05) is 18.2 Å². The van der Waals surface area contributed by atoms with Crippen molar-refractivity contribution in [2.45, 2.75) is 6.04 Å². The molecule has 1 aliphatic heterocycles. The van der Waals surface area contributed by atoms with E-state index in [-0.39, 0.29) is 17.1 Å². The van der Waals surface area contributed by atoms with Crippen LogP contribution < -0.4 is 19.8 Å². The summed E-state index contributed by atoms with van der Waals surface area (Å²) in [5, 5.41) is 0.414. The summed E-state index contributed by atoms with van der Waals surface area (Å²) in [5.41, 5.74) is 1.82. The van der Waals surface area contributed by atoms with Crippen LogP contribution in [0.25, 0.3) is 11.0 Å². The zero-order valence-corrected chi connectivity index (χ0v) is 18.9. The average Bonchev–Trinajstić information content (AvgIpc) is 3.12. The van der Waals surface area contributed by atoms with Gasteiger partial charge in [0.2, 0.25) is 5.76 Å². The molecular formula is C25H18BrNO5. The molecule has 7 heteroatoms. The minimum atomic E-state index is -0.657. The van der Waals surface area contributed by atoms with Crippen LogP contribution in [0, 0.1) is 0 Å². The Hall–Kier alpha value is -3.58. The molecule has 1 aromatic heterocycles. The van der Waals surface area contributed by atoms with Gasteiger partial charge in [-0.05, 0) is 48.0 Å². The lowest BCUT2D eigenvalue weighted by Crippen LogP contribution is -2.29. The first-order chi connectivity index (χ1) is 15.5. The summed E-state index contributed by atoms with van der Waals surface area (Å²) < 4.78 is 17.4. The molecule has 6 nitrogen and oxygen atoms in total. The second-order valence-corrected chi connectivity index (χ2v) is 8.28. The van der Waals surface area contributed by atoms with Crippen molar-refractivity contribution in [2.75, 3.05) is 19.1 Å². The molecule has 32 heavy (non-hydrogen) atoms. The Morgan fingerprint density at radius 2 is 1.66 bits per heavy atom. The van der Waals surface area contributed by atoms with Crippen LogP contribution >= 0.6 is 15.9 Å². The first-order valence-electron chi connectivity index (χ1n) is 9.89. The third-order valence-electron chi connectivity index (χ3n) is 5.60. The van der Waals surface area contributed by atoms with Crippen LogP contribution in [0.1, 0.15) is 27.7 Å². The third-order valence-corrected chi connectivity index (χ3v) is 6.09. The molecule has 5 rings (SSSR count). The largest absolute Gasteiger partial charge is 0.497 e. The van der Waals surface area contributed by atoms with Crippen molar-refractivity contribution in [3.05, 3.63) is 98.3 Å². The van der Waals surface area contributed by atoms with Gasteiger partial charge in [-0.1, -0.05) is 34.1 Å². The van der Waals surface area contributed by atoms with Crippen molar-refractivity contribution in [2.24, 2.45) is 0 Å². The fourth-order valence-electron chi connectivity index (χ4n) is 4.07. The highest BCUT2D eigenvalue weighted by Crippen LogP contribution is 2.42. The lowest BCUT2D eigenvalue weighted by atomic mass is 9.98. The van der Waals surface area contributed by atoms with Crippen LogP contribution in [0.2, 0.25) is 0 Å². The molecular weight excluding hydrogens is 474 g/mol. The van der Waals surface area contributed by atoms with E-state index in [9.17, 15) is 9.59 Å². The predicted molar refractivity (Wildman–Crippen MR) is 125 cm³/mol. The Kier molecular flexibility index (Phi) is 4.98. The van der Waals surface area contributed by atoms with Gasteiger partial charge in [0.1, 0.15) is 17.1 Å². The van der Waals surface area contributed by atoms with Gasteiger partial charge in [-0.3, -0.25) is 14.5 Å². The van der Waals surface area contributed by atoms with Gasteiger partial charge >= 0.3 is 0 Å². The molecule has 1 unspecified atom stereocenters. The molecule has 0 saturated heterocycles. The summed E-state index contributed by atoms with van der Waals surface area (Å²) in [4.78, 5) is 28.8. The van der Waals surface area contributed by atoms with Gasteiger partial charge in [0.15, 0.2) is 5.43 Å². The number of hydrogen-bond acceptors (Lipinski definition) is 5. The van der Waals surface area contributed by atoms with Crippen molar-refractivity contribution in [1.29, 1.82) is 0 Å². The Bertz CT molecular complexity index is 1410. The van der Waals surface area contributed by atoms with Crippen molar-refractivity contribution in [3.8, 4) is 11.5 Å². The molecule has 0 radical (unpaired) electrons. The number of hydrogen-bond donors (Lipinski definition) is 0. The standard InChI is InChI=1S/C25H18BrNO5/c1-30-17-9-6-14(7-10-17)22-21-23(28)19-12-15(26)8-11-20(19)32-24(21)25(29)27(22)16-4-3-5-18(13-16)31-2/h3-13,22H,1-2H3. The fraction of sp³-hybridized carbons (Fsp3) is 0.120. The summed E-state index contributed by atoms with van der Waals surface area (Å²) in [6, 6.07) is 19.0. The highest BCUT2D eigenvalue weighted by molar-refractivity contribution is 9.10.